The van der Waals surface area contributed by atoms with Crippen molar-refractivity contribution in [3.63, 3.8) is 0 Å². The van der Waals surface area contributed by atoms with Crippen molar-refractivity contribution in [2.75, 3.05) is 32.8 Å². The summed E-state index contributed by atoms with van der Waals surface area (Å²) in [4.78, 5) is 12.6. The number of phenols is 1. The predicted molar refractivity (Wildman–Crippen MR) is 84.0 cm³/mol. The Morgan fingerprint density at radius 1 is 1.18 bits per heavy atom. The highest BCUT2D eigenvalue weighted by atomic mass is 35.5. The minimum Gasteiger partial charge on any atom is -0.508 e. The van der Waals surface area contributed by atoms with Gasteiger partial charge in [-0.3, -0.25) is 9.80 Å². The van der Waals surface area contributed by atoms with Crippen LogP contribution in [0.4, 0.5) is 0 Å². The fourth-order valence-corrected chi connectivity index (χ4v) is 3.65. The summed E-state index contributed by atoms with van der Waals surface area (Å²) in [5.41, 5.74) is 0.725. The van der Waals surface area contributed by atoms with Crippen LogP contribution in [0.15, 0.2) is 12.1 Å². The van der Waals surface area contributed by atoms with Gasteiger partial charge in [-0.05, 0) is 30.5 Å². The number of benzene rings is 1. The Morgan fingerprint density at radius 2 is 1.82 bits per heavy atom. The molecule has 22 heavy (non-hydrogen) atoms. The molecule has 1 amide bonds. The molecule has 1 aromatic carbocycles. The van der Waals surface area contributed by atoms with Crippen LogP contribution in [0.2, 0.25) is 10.0 Å². The number of morpholine rings is 1. The van der Waals surface area contributed by atoms with Crippen molar-refractivity contribution in [3.05, 3.63) is 27.7 Å². The molecule has 1 N–H and O–H groups in total. The number of carbonyl (C=O) groups is 1. The Labute approximate surface area is 139 Å². The summed E-state index contributed by atoms with van der Waals surface area (Å²) in [7, 11) is 0. The first-order valence-electron chi connectivity index (χ1n) is 7.37. The van der Waals surface area contributed by atoms with E-state index < -0.39 is 0 Å². The second-order valence-electron chi connectivity index (χ2n) is 5.61. The summed E-state index contributed by atoms with van der Waals surface area (Å²) in [5, 5.41) is 14.2. The smallest absolute Gasteiger partial charge is 0.240 e. The van der Waals surface area contributed by atoms with Crippen molar-refractivity contribution in [1.82, 2.24) is 10.0 Å². The molecule has 2 heterocycles. The number of nitrogens with zero attached hydrogens (tertiary/aromatic N) is 2. The van der Waals surface area contributed by atoms with Gasteiger partial charge >= 0.3 is 0 Å². The van der Waals surface area contributed by atoms with E-state index in [0.717, 1.165) is 31.6 Å². The maximum Gasteiger partial charge on any atom is 0.240 e. The standard InChI is InChI=1S/C15H18Cl2N2O3/c16-13-8-11(20)9-14(17)12(13)7-10-1-2-19(15(10)21)18-3-5-22-6-4-18/h8-10,20H,1-7H2. The molecule has 0 bridgehead atoms. The van der Waals surface area contributed by atoms with E-state index in [0.29, 0.717) is 29.7 Å². The van der Waals surface area contributed by atoms with Crippen LogP contribution in [0.5, 0.6) is 5.75 Å². The molecule has 0 aliphatic carbocycles. The van der Waals surface area contributed by atoms with Gasteiger partial charge in [0.15, 0.2) is 0 Å². The lowest BCUT2D eigenvalue weighted by atomic mass is 9.98. The zero-order valence-corrected chi connectivity index (χ0v) is 13.6. The summed E-state index contributed by atoms with van der Waals surface area (Å²) in [6.45, 7) is 3.53. The van der Waals surface area contributed by atoms with Gasteiger partial charge in [-0.25, -0.2) is 5.01 Å². The predicted octanol–water partition coefficient (Wildman–Crippen LogP) is 2.34. The fraction of sp³-hybridized carbons (Fsp3) is 0.533. The molecule has 2 aliphatic rings. The van der Waals surface area contributed by atoms with E-state index in [-0.39, 0.29) is 17.6 Å². The molecule has 5 nitrogen and oxygen atoms in total. The fourth-order valence-electron chi connectivity index (χ4n) is 3.02. The molecular weight excluding hydrogens is 327 g/mol. The van der Waals surface area contributed by atoms with E-state index in [2.05, 4.69) is 5.01 Å². The molecule has 7 heteroatoms. The van der Waals surface area contributed by atoms with E-state index in [1.807, 2.05) is 5.01 Å². The highest BCUT2D eigenvalue weighted by Crippen LogP contribution is 2.34. The lowest BCUT2D eigenvalue weighted by molar-refractivity contribution is -0.153. The van der Waals surface area contributed by atoms with Crippen molar-refractivity contribution >= 4 is 29.1 Å². The molecule has 2 saturated heterocycles. The molecule has 120 valence electrons. The Hall–Kier alpha value is -1.01. The minimum atomic E-state index is -0.123. The number of amides is 1. The summed E-state index contributed by atoms with van der Waals surface area (Å²) in [6, 6.07) is 2.92. The van der Waals surface area contributed by atoms with Crippen molar-refractivity contribution < 1.29 is 14.6 Å². The lowest BCUT2D eigenvalue weighted by Crippen LogP contribution is -2.49. The van der Waals surface area contributed by atoms with Crippen LogP contribution in [-0.2, 0) is 16.0 Å². The molecule has 1 atom stereocenters. The largest absolute Gasteiger partial charge is 0.508 e. The lowest BCUT2D eigenvalue weighted by Gasteiger charge is -2.34. The third-order valence-corrected chi connectivity index (χ3v) is 4.87. The van der Waals surface area contributed by atoms with Gasteiger partial charge in [0.25, 0.3) is 0 Å². The van der Waals surface area contributed by atoms with Gasteiger partial charge in [0.05, 0.1) is 13.2 Å². The average molecular weight is 345 g/mol. The monoisotopic (exact) mass is 344 g/mol. The molecule has 0 saturated carbocycles. The van der Waals surface area contributed by atoms with Gasteiger partial charge in [0.1, 0.15) is 5.75 Å². The minimum absolute atomic E-state index is 0.0337. The van der Waals surface area contributed by atoms with E-state index in [1.54, 1.807) is 0 Å². The van der Waals surface area contributed by atoms with Crippen molar-refractivity contribution in [1.29, 1.82) is 0 Å². The molecule has 0 spiro atoms. The van der Waals surface area contributed by atoms with Gasteiger partial charge in [-0.1, -0.05) is 23.2 Å². The van der Waals surface area contributed by atoms with Gasteiger partial charge in [0, 0.05) is 35.6 Å². The van der Waals surface area contributed by atoms with Crippen molar-refractivity contribution in [3.8, 4) is 5.75 Å². The van der Waals surface area contributed by atoms with Crippen LogP contribution >= 0.6 is 23.2 Å². The number of aromatic hydroxyl groups is 1. The summed E-state index contributed by atoms with van der Waals surface area (Å²) >= 11 is 12.3. The molecular formula is C15H18Cl2N2O3. The molecule has 1 aromatic rings. The number of ether oxygens (including phenoxy) is 1. The zero-order chi connectivity index (χ0) is 15.7. The SMILES string of the molecule is O=C1C(Cc2c(Cl)cc(O)cc2Cl)CCN1N1CCOCC1. The second-order valence-corrected chi connectivity index (χ2v) is 6.42. The number of hydrogen-bond acceptors (Lipinski definition) is 4. The van der Waals surface area contributed by atoms with Crippen LogP contribution in [0.1, 0.15) is 12.0 Å². The molecule has 0 aromatic heterocycles. The van der Waals surface area contributed by atoms with E-state index in [1.165, 1.54) is 12.1 Å². The van der Waals surface area contributed by atoms with Crippen molar-refractivity contribution in [2.24, 2.45) is 5.92 Å². The van der Waals surface area contributed by atoms with Gasteiger partial charge in [0.2, 0.25) is 5.91 Å². The first kappa shape index (κ1) is 15.9. The topological polar surface area (TPSA) is 53.0 Å². The Bertz CT molecular complexity index is 553. The van der Waals surface area contributed by atoms with Crippen LogP contribution in [0, 0.1) is 5.92 Å². The zero-order valence-electron chi connectivity index (χ0n) is 12.1. The molecule has 1 unspecified atom stereocenters. The molecule has 0 radical (unpaired) electrons. The first-order chi connectivity index (χ1) is 10.6. The Balaban J connectivity index is 1.71. The van der Waals surface area contributed by atoms with E-state index in [4.69, 9.17) is 27.9 Å². The van der Waals surface area contributed by atoms with Gasteiger partial charge in [-0.15, -0.1) is 0 Å². The number of halogens is 2. The first-order valence-corrected chi connectivity index (χ1v) is 8.12. The second kappa shape index (κ2) is 6.62. The normalized spacial score (nSPS) is 23.3. The number of hydrogen-bond donors (Lipinski definition) is 1. The van der Waals surface area contributed by atoms with Crippen LogP contribution < -0.4 is 0 Å². The number of hydrazine groups is 1. The summed E-state index contributed by atoms with van der Waals surface area (Å²) in [5.74, 6) is 0.0240. The maximum atomic E-state index is 12.6. The summed E-state index contributed by atoms with van der Waals surface area (Å²) in [6.07, 6.45) is 1.28. The number of carbonyl (C=O) groups excluding carboxylic acids is 1. The number of rotatable bonds is 3. The highest BCUT2D eigenvalue weighted by Gasteiger charge is 2.36. The highest BCUT2D eigenvalue weighted by molar-refractivity contribution is 6.36. The van der Waals surface area contributed by atoms with Crippen LogP contribution in [-0.4, -0.2) is 53.9 Å². The third-order valence-electron chi connectivity index (χ3n) is 4.20. The average Bonchev–Trinajstić information content (AvgIpc) is 2.85. The van der Waals surface area contributed by atoms with Crippen molar-refractivity contribution in [2.45, 2.75) is 12.8 Å². The van der Waals surface area contributed by atoms with Crippen LogP contribution in [0.3, 0.4) is 0 Å². The van der Waals surface area contributed by atoms with E-state index in [9.17, 15) is 9.90 Å². The van der Waals surface area contributed by atoms with Crippen LogP contribution in [0.25, 0.3) is 0 Å². The molecule has 2 fully saturated rings. The van der Waals surface area contributed by atoms with Gasteiger partial charge in [-0.2, -0.15) is 0 Å². The van der Waals surface area contributed by atoms with Gasteiger partial charge < -0.3 is 9.84 Å². The summed E-state index contributed by atoms with van der Waals surface area (Å²) < 4.78 is 5.32. The third kappa shape index (κ3) is 3.18. The molecule has 3 rings (SSSR count). The quantitative estimate of drug-likeness (QED) is 0.914. The number of phenolic OH excluding ortho intramolecular Hbond substituents is 1. The van der Waals surface area contributed by atoms with E-state index >= 15 is 0 Å². The Kier molecular flexibility index (Phi) is 4.78. The molecule has 2 aliphatic heterocycles. The Morgan fingerprint density at radius 3 is 2.45 bits per heavy atom. The maximum absolute atomic E-state index is 12.6.